The van der Waals surface area contributed by atoms with E-state index in [1.165, 1.54) is 37.6 Å². The number of carbonyl (C=O) groups excluding carboxylic acids is 4. The van der Waals surface area contributed by atoms with Gasteiger partial charge in [-0.25, -0.2) is 10.3 Å². The number of fused-ring (bicyclic) bond motifs is 1. The van der Waals surface area contributed by atoms with Gasteiger partial charge in [0.05, 0.1) is 19.3 Å². The molecule has 4 amide bonds. The van der Waals surface area contributed by atoms with Crippen molar-refractivity contribution in [3.05, 3.63) is 107 Å². The van der Waals surface area contributed by atoms with Crippen LogP contribution in [0.4, 0.5) is 10.5 Å². The molecule has 4 N–H and O–H groups in total. The summed E-state index contributed by atoms with van der Waals surface area (Å²) >= 11 is 0. The Labute approximate surface area is 279 Å². The van der Waals surface area contributed by atoms with Crippen LogP contribution < -0.4 is 20.8 Å². The molecule has 3 aromatic carbocycles. The number of amides is 4. The Morgan fingerprint density at radius 1 is 0.854 bits per heavy atom. The van der Waals surface area contributed by atoms with Gasteiger partial charge in [-0.05, 0) is 61.6 Å². The van der Waals surface area contributed by atoms with Crippen LogP contribution in [0.25, 0.3) is 5.57 Å². The van der Waals surface area contributed by atoms with Crippen LogP contribution >= 0.6 is 0 Å². The molecule has 1 aliphatic rings. The number of quaternary nitrogens is 1. The summed E-state index contributed by atoms with van der Waals surface area (Å²) in [5.41, 5.74) is 7.87. The van der Waals surface area contributed by atoms with Gasteiger partial charge in [0.15, 0.2) is 5.69 Å². The third-order valence-corrected chi connectivity index (χ3v) is 7.87. The summed E-state index contributed by atoms with van der Waals surface area (Å²) in [5.74, 6) is -2.42. The second kappa shape index (κ2) is 16.0. The number of rotatable bonds is 13. The molecule has 12 heteroatoms. The van der Waals surface area contributed by atoms with Gasteiger partial charge in [0, 0.05) is 41.1 Å². The van der Waals surface area contributed by atoms with Gasteiger partial charge in [-0.1, -0.05) is 60.9 Å². The second-order valence-electron chi connectivity index (χ2n) is 12.1. The van der Waals surface area contributed by atoms with Gasteiger partial charge < -0.3 is 15.2 Å². The molecule has 3 aromatic rings. The van der Waals surface area contributed by atoms with Crippen molar-refractivity contribution >= 4 is 41.0 Å². The number of methoxy groups -OCH3 is 1. The number of nitrogens with zero attached hydrogens (tertiary/aromatic N) is 1. The number of ether oxygens (including phenoxy) is 1. The zero-order valence-corrected chi connectivity index (χ0v) is 27.4. The average Bonchev–Trinajstić information content (AvgIpc) is 3.38. The summed E-state index contributed by atoms with van der Waals surface area (Å²) in [6.07, 6.45) is 0.760. The highest BCUT2D eigenvalue weighted by Gasteiger charge is 2.48. The van der Waals surface area contributed by atoms with E-state index in [1.807, 2.05) is 44.2 Å². The first-order valence-corrected chi connectivity index (χ1v) is 15.6. The topological polar surface area (TPSA) is 160 Å². The molecular weight excluding hydrogens is 616 g/mol. The molecular formula is C36H41N4O8+. The molecule has 12 nitrogen and oxygen atoms in total. The zero-order valence-electron chi connectivity index (χ0n) is 27.4. The minimum Gasteiger partial charge on any atom is -0.465 e. The third kappa shape index (κ3) is 8.72. The van der Waals surface area contributed by atoms with Crippen molar-refractivity contribution in [1.29, 1.82) is 0 Å². The maximum atomic E-state index is 13.4. The number of carbonyl (C=O) groups is 5. The Bertz CT molecular complexity index is 1670. The molecule has 2 unspecified atom stereocenters. The molecule has 3 atom stereocenters. The molecule has 0 fully saturated rings. The first-order chi connectivity index (χ1) is 22.9. The number of hydrogen-bond acceptors (Lipinski definition) is 7. The number of para-hydroxylation sites is 1. The molecule has 0 saturated carbocycles. The fraction of sp³-hybridized carbons (Fsp3) is 0.306. The lowest BCUT2D eigenvalue weighted by atomic mass is 9.92. The SMILES string of the molecule is COC(=O)c1ccc(C(=O)N[N+]2(C(=O)O)C=C(C[C@@H](C)NC(=O)C(CC(=O)NOCc3ccccc3)CC(C)C)c3ccccc32)cc1. The predicted octanol–water partition coefficient (Wildman–Crippen LogP) is 5.35. The number of hydrogen-bond donors (Lipinski definition) is 4. The Balaban J connectivity index is 1.46. The lowest BCUT2D eigenvalue weighted by Crippen LogP contribution is -2.60. The van der Waals surface area contributed by atoms with Crippen molar-refractivity contribution < 1.29 is 38.7 Å². The van der Waals surface area contributed by atoms with Crippen LogP contribution in [0, 0.1) is 11.8 Å². The molecule has 0 aliphatic carbocycles. The first-order valence-electron chi connectivity index (χ1n) is 15.6. The minimum atomic E-state index is -1.34. The number of carboxylic acid groups (broad SMARTS) is 1. The summed E-state index contributed by atoms with van der Waals surface area (Å²) in [6.45, 7) is 5.93. The van der Waals surface area contributed by atoms with Crippen molar-refractivity contribution in [2.75, 3.05) is 7.11 Å². The molecule has 0 saturated heterocycles. The molecule has 4 rings (SSSR count). The zero-order chi connectivity index (χ0) is 34.8. The Morgan fingerprint density at radius 3 is 2.15 bits per heavy atom. The predicted molar refractivity (Wildman–Crippen MR) is 179 cm³/mol. The first kappa shape index (κ1) is 35.5. The van der Waals surface area contributed by atoms with E-state index >= 15 is 0 Å². The van der Waals surface area contributed by atoms with Crippen molar-refractivity contribution in [2.24, 2.45) is 11.8 Å². The van der Waals surface area contributed by atoms with Gasteiger partial charge in [0.25, 0.3) is 5.91 Å². The summed E-state index contributed by atoms with van der Waals surface area (Å²) < 4.78 is 3.70. The third-order valence-electron chi connectivity index (χ3n) is 7.87. The monoisotopic (exact) mass is 657 g/mol. The number of esters is 1. The number of nitrogens with one attached hydrogen (secondary N) is 3. The highest BCUT2D eigenvalue weighted by Crippen LogP contribution is 2.41. The summed E-state index contributed by atoms with van der Waals surface area (Å²) in [5, 5.41) is 13.4. The fourth-order valence-corrected chi connectivity index (χ4v) is 5.62. The molecule has 0 aromatic heterocycles. The number of hydroxylamine groups is 1. The summed E-state index contributed by atoms with van der Waals surface area (Å²) in [4.78, 5) is 69.4. The smallest absolute Gasteiger partial charge is 0.465 e. The van der Waals surface area contributed by atoms with Crippen molar-refractivity contribution in [3.63, 3.8) is 0 Å². The molecule has 0 radical (unpaired) electrons. The largest absolute Gasteiger partial charge is 0.549 e. The Hall–Kier alpha value is -5.33. The van der Waals surface area contributed by atoms with Crippen LogP contribution in [0.1, 0.15) is 71.9 Å². The van der Waals surface area contributed by atoms with Crippen LogP contribution in [0.5, 0.6) is 0 Å². The van der Waals surface area contributed by atoms with E-state index in [1.54, 1.807) is 31.2 Å². The van der Waals surface area contributed by atoms with Crippen LogP contribution in [0.3, 0.4) is 0 Å². The van der Waals surface area contributed by atoms with Gasteiger partial charge in [0.1, 0.15) is 6.20 Å². The highest BCUT2D eigenvalue weighted by molar-refractivity contribution is 6.02. The van der Waals surface area contributed by atoms with Crippen LogP contribution in [-0.2, 0) is 25.8 Å². The van der Waals surface area contributed by atoms with E-state index in [0.29, 0.717) is 23.2 Å². The average molecular weight is 658 g/mol. The quantitative estimate of drug-likeness (QED) is 0.109. The molecule has 1 aliphatic heterocycles. The van der Waals surface area contributed by atoms with Crippen LogP contribution in [0.2, 0.25) is 0 Å². The molecule has 48 heavy (non-hydrogen) atoms. The number of benzene rings is 3. The molecule has 0 bridgehead atoms. The lowest BCUT2D eigenvalue weighted by molar-refractivity contribution is -0.139. The summed E-state index contributed by atoms with van der Waals surface area (Å²) in [7, 11) is 1.25. The van der Waals surface area contributed by atoms with Gasteiger partial charge in [-0.2, -0.15) is 10.2 Å². The lowest BCUT2D eigenvalue weighted by Gasteiger charge is -2.25. The van der Waals surface area contributed by atoms with E-state index in [2.05, 4.69) is 16.2 Å². The van der Waals surface area contributed by atoms with Gasteiger partial charge in [-0.3, -0.25) is 19.2 Å². The Kier molecular flexibility index (Phi) is 11.8. The molecule has 1 heterocycles. The van der Waals surface area contributed by atoms with Crippen LogP contribution in [-0.4, -0.2) is 48.0 Å². The minimum absolute atomic E-state index is 0.0668. The van der Waals surface area contributed by atoms with Crippen molar-refractivity contribution in [2.45, 2.75) is 52.7 Å². The molecule has 0 spiro atoms. The van der Waals surface area contributed by atoms with E-state index in [9.17, 15) is 29.1 Å². The summed E-state index contributed by atoms with van der Waals surface area (Å²) in [6, 6.07) is 21.4. The van der Waals surface area contributed by atoms with E-state index in [4.69, 9.17) is 9.57 Å². The standard InChI is InChI=1S/C36H40N4O8/c1-23(2)18-28(20-32(41)39-48-22-25-10-6-5-7-11-25)33(42)37-24(3)19-29-21-40(36(45)46,31-13-9-8-12-30(29)31)38-34(43)26-14-16-27(17-15-26)35(44)47-4/h5-17,21,23-24,28H,18-20,22H2,1-4H3,(H3-,37,38,39,41,42,43,45,46)/p+1/t24-,28?,40?/m1/s1. The van der Waals surface area contributed by atoms with E-state index in [-0.39, 0.29) is 42.4 Å². The normalized spacial score (nSPS) is 16.2. The van der Waals surface area contributed by atoms with E-state index in [0.717, 1.165) is 5.56 Å². The van der Waals surface area contributed by atoms with E-state index < -0.39 is 40.4 Å². The van der Waals surface area contributed by atoms with Crippen molar-refractivity contribution in [1.82, 2.24) is 20.8 Å². The maximum absolute atomic E-state index is 13.4. The molecule has 252 valence electrons. The van der Waals surface area contributed by atoms with Gasteiger partial charge in [0.2, 0.25) is 11.8 Å². The van der Waals surface area contributed by atoms with Gasteiger partial charge >= 0.3 is 12.1 Å². The van der Waals surface area contributed by atoms with Crippen LogP contribution in [0.15, 0.2) is 85.1 Å². The Morgan fingerprint density at radius 2 is 1.50 bits per heavy atom. The maximum Gasteiger partial charge on any atom is 0.549 e. The van der Waals surface area contributed by atoms with Gasteiger partial charge in [-0.15, -0.1) is 0 Å². The highest BCUT2D eigenvalue weighted by atomic mass is 16.6. The second-order valence-corrected chi connectivity index (χ2v) is 12.1. The van der Waals surface area contributed by atoms with Crippen molar-refractivity contribution in [3.8, 4) is 0 Å². The fourth-order valence-electron chi connectivity index (χ4n) is 5.62.